The third kappa shape index (κ3) is 4.09. The summed E-state index contributed by atoms with van der Waals surface area (Å²) in [5.41, 5.74) is 2.24. The molecule has 2 aromatic heterocycles. The summed E-state index contributed by atoms with van der Waals surface area (Å²) in [6, 6.07) is 7.67. The number of nitrogens with zero attached hydrogens (tertiary/aromatic N) is 4. The number of amides is 1. The van der Waals surface area contributed by atoms with Gasteiger partial charge in [-0.2, -0.15) is 5.26 Å². The highest BCUT2D eigenvalue weighted by Gasteiger charge is 2.26. The molecule has 0 bridgehead atoms. The largest absolute Gasteiger partial charge is 0.487 e. The van der Waals surface area contributed by atoms with Crippen LogP contribution in [0.25, 0.3) is 0 Å². The molecule has 2 aromatic rings. The Balaban J connectivity index is 1.66. The molecule has 1 amide bonds. The summed E-state index contributed by atoms with van der Waals surface area (Å²) in [6.07, 6.45) is 4.26. The molecule has 0 aromatic carbocycles. The lowest BCUT2D eigenvalue weighted by Gasteiger charge is -2.19. The van der Waals surface area contributed by atoms with E-state index in [1.807, 2.05) is 19.1 Å². The molecule has 7 heteroatoms. The van der Waals surface area contributed by atoms with Crippen LogP contribution in [0, 0.1) is 18.3 Å². The monoisotopic (exact) mass is 351 g/mol. The van der Waals surface area contributed by atoms with E-state index in [1.165, 1.54) is 6.92 Å². The SMILES string of the molecule is CC(=O)NCc1ccncc1O[C@H]1CCN(c2ccc(C#N)c(C)n2)C1. The first-order valence-corrected chi connectivity index (χ1v) is 8.53. The number of carbonyl (C=O) groups excluding carboxylic acids is 1. The second-order valence-electron chi connectivity index (χ2n) is 6.28. The molecule has 0 saturated carbocycles. The molecule has 1 saturated heterocycles. The standard InChI is InChI=1S/C19H21N5O2/c1-13-15(9-20)3-4-19(23-13)24-8-6-17(12-24)26-18-11-21-7-5-16(18)10-22-14(2)25/h3-5,7,11,17H,6,8,10,12H2,1-2H3,(H,22,25)/t17-/m0/s1. The maximum atomic E-state index is 11.1. The second kappa shape index (κ2) is 7.83. The van der Waals surface area contributed by atoms with E-state index in [-0.39, 0.29) is 12.0 Å². The van der Waals surface area contributed by atoms with Crippen molar-refractivity contribution in [3.05, 3.63) is 47.4 Å². The molecule has 0 spiro atoms. The molecule has 0 aliphatic carbocycles. The van der Waals surface area contributed by atoms with Crippen LogP contribution in [0.4, 0.5) is 5.82 Å². The Morgan fingerprint density at radius 3 is 3.04 bits per heavy atom. The van der Waals surface area contributed by atoms with E-state index in [2.05, 4.69) is 26.3 Å². The summed E-state index contributed by atoms with van der Waals surface area (Å²) in [5, 5.41) is 11.8. The summed E-state index contributed by atoms with van der Waals surface area (Å²) in [7, 11) is 0. The molecule has 26 heavy (non-hydrogen) atoms. The Labute approximate surface area is 152 Å². The van der Waals surface area contributed by atoms with Gasteiger partial charge in [0.1, 0.15) is 23.7 Å². The van der Waals surface area contributed by atoms with Gasteiger partial charge in [0.15, 0.2) is 0 Å². The lowest BCUT2D eigenvalue weighted by molar-refractivity contribution is -0.119. The van der Waals surface area contributed by atoms with Crippen molar-refractivity contribution in [3.63, 3.8) is 0 Å². The van der Waals surface area contributed by atoms with E-state index in [0.29, 0.717) is 24.4 Å². The molecule has 1 aliphatic rings. The fourth-order valence-corrected chi connectivity index (χ4v) is 2.93. The smallest absolute Gasteiger partial charge is 0.217 e. The van der Waals surface area contributed by atoms with Crippen LogP contribution in [0.2, 0.25) is 0 Å². The Bertz CT molecular complexity index is 846. The number of pyridine rings is 2. The van der Waals surface area contributed by atoms with Crippen molar-refractivity contribution in [3.8, 4) is 11.8 Å². The number of hydrogen-bond acceptors (Lipinski definition) is 6. The summed E-state index contributed by atoms with van der Waals surface area (Å²) in [5.74, 6) is 1.47. The third-order valence-electron chi connectivity index (χ3n) is 4.35. The lowest BCUT2D eigenvalue weighted by atomic mass is 10.2. The number of aromatic nitrogens is 2. The molecule has 3 heterocycles. The molecule has 7 nitrogen and oxygen atoms in total. The minimum Gasteiger partial charge on any atom is -0.487 e. The van der Waals surface area contributed by atoms with Gasteiger partial charge >= 0.3 is 0 Å². The highest BCUT2D eigenvalue weighted by molar-refractivity contribution is 5.72. The highest BCUT2D eigenvalue weighted by atomic mass is 16.5. The fourth-order valence-electron chi connectivity index (χ4n) is 2.93. The zero-order valence-electron chi connectivity index (χ0n) is 14.9. The quantitative estimate of drug-likeness (QED) is 0.885. The highest BCUT2D eigenvalue weighted by Crippen LogP contribution is 2.25. The second-order valence-corrected chi connectivity index (χ2v) is 6.28. The number of rotatable bonds is 5. The van der Waals surface area contributed by atoms with Gasteiger partial charge in [-0.1, -0.05) is 0 Å². The minimum absolute atomic E-state index is 0.0213. The number of nitriles is 1. The number of aryl methyl sites for hydroxylation is 1. The van der Waals surface area contributed by atoms with Crippen LogP contribution < -0.4 is 15.0 Å². The van der Waals surface area contributed by atoms with Crippen molar-refractivity contribution in [2.75, 3.05) is 18.0 Å². The fraction of sp³-hybridized carbons (Fsp3) is 0.368. The van der Waals surface area contributed by atoms with Crippen LogP contribution in [-0.4, -0.2) is 35.1 Å². The van der Waals surface area contributed by atoms with Gasteiger partial charge in [0.05, 0.1) is 24.0 Å². The molecule has 134 valence electrons. The number of ether oxygens (including phenoxy) is 1. The minimum atomic E-state index is -0.0814. The van der Waals surface area contributed by atoms with Crippen molar-refractivity contribution < 1.29 is 9.53 Å². The zero-order valence-corrected chi connectivity index (χ0v) is 14.9. The Morgan fingerprint density at radius 2 is 2.31 bits per heavy atom. The van der Waals surface area contributed by atoms with Gasteiger partial charge in [0.25, 0.3) is 0 Å². The average molecular weight is 351 g/mol. The van der Waals surface area contributed by atoms with E-state index in [1.54, 1.807) is 18.5 Å². The van der Waals surface area contributed by atoms with Crippen LogP contribution in [0.15, 0.2) is 30.6 Å². The molecule has 0 unspecified atom stereocenters. The molecular formula is C19H21N5O2. The van der Waals surface area contributed by atoms with Crippen LogP contribution >= 0.6 is 0 Å². The van der Waals surface area contributed by atoms with Crippen molar-refractivity contribution >= 4 is 11.7 Å². The van der Waals surface area contributed by atoms with Gasteiger partial charge in [-0.05, 0) is 25.1 Å². The predicted molar refractivity (Wildman–Crippen MR) is 96.7 cm³/mol. The normalized spacial score (nSPS) is 16.2. The average Bonchev–Trinajstić information content (AvgIpc) is 3.09. The predicted octanol–water partition coefficient (Wildman–Crippen LogP) is 1.95. The summed E-state index contributed by atoms with van der Waals surface area (Å²) in [6.45, 7) is 5.30. The van der Waals surface area contributed by atoms with Crippen LogP contribution in [-0.2, 0) is 11.3 Å². The van der Waals surface area contributed by atoms with Crippen molar-refractivity contribution in [2.24, 2.45) is 0 Å². The van der Waals surface area contributed by atoms with Gasteiger partial charge < -0.3 is 15.0 Å². The van der Waals surface area contributed by atoms with E-state index in [9.17, 15) is 4.79 Å². The molecule has 0 radical (unpaired) electrons. The Morgan fingerprint density at radius 1 is 1.46 bits per heavy atom. The number of anilines is 1. The number of nitrogens with one attached hydrogen (secondary N) is 1. The third-order valence-corrected chi connectivity index (χ3v) is 4.35. The van der Waals surface area contributed by atoms with Gasteiger partial charge in [-0.3, -0.25) is 9.78 Å². The summed E-state index contributed by atoms with van der Waals surface area (Å²) >= 11 is 0. The van der Waals surface area contributed by atoms with Crippen molar-refractivity contribution in [1.82, 2.24) is 15.3 Å². The van der Waals surface area contributed by atoms with E-state index in [4.69, 9.17) is 10.00 Å². The van der Waals surface area contributed by atoms with Gasteiger partial charge in [-0.15, -0.1) is 0 Å². The van der Waals surface area contributed by atoms with Crippen molar-refractivity contribution in [1.29, 1.82) is 5.26 Å². The first-order chi connectivity index (χ1) is 12.6. The Kier molecular flexibility index (Phi) is 5.32. The molecule has 3 rings (SSSR count). The topological polar surface area (TPSA) is 91.1 Å². The number of carbonyl (C=O) groups is 1. The van der Waals surface area contributed by atoms with Crippen LogP contribution in [0.1, 0.15) is 30.2 Å². The summed E-state index contributed by atoms with van der Waals surface area (Å²) < 4.78 is 6.13. The molecule has 1 aliphatic heterocycles. The van der Waals surface area contributed by atoms with Gasteiger partial charge in [0.2, 0.25) is 5.91 Å². The molecule has 1 fully saturated rings. The van der Waals surface area contributed by atoms with E-state index in [0.717, 1.165) is 30.0 Å². The lowest BCUT2D eigenvalue weighted by Crippen LogP contribution is -2.26. The first-order valence-electron chi connectivity index (χ1n) is 8.53. The van der Waals surface area contributed by atoms with E-state index >= 15 is 0 Å². The summed E-state index contributed by atoms with van der Waals surface area (Å²) in [4.78, 5) is 22.0. The van der Waals surface area contributed by atoms with E-state index < -0.39 is 0 Å². The maximum Gasteiger partial charge on any atom is 0.217 e. The molecule has 1 N–H and O–H groups in total. The number of hydrogen-bond donors (Lipinski definition) is 1. The Hall–Kier alpha value is -3.14. The van der Waals surface area contributed by atoms with Crippen LogP contribution in [0.5, 0.6) is 5.75 Å². The molecular weight excluding hydrogens is 330 g/mol. The van der Waals surface area contributed by atoms with Crippen LogP contribution in [0.3, 0.4) is 0 Å². The maximum absolute atomic E-state index is 11.1. The van der Waals surface area contributed by atoms with Gasteiger partial charge in [-0.25, -0.2) is 4.98 Å². The zero-order chi connectivity index (χ0) is 18.5. The van der Waals surface area contributed by atoms with Gasteiger partial charge in [0, 0.05) is 38.2 Å². The molecule has 1 atom stereocenters. The first kappa shape index (κ1) is 17.7. The van der Waals surface area contributed by atoms with Crippen molar-refractivity contribution in [2.45, 2.75) is 32.9 Å².